The average Bonchev–Trinajstić information content (AvgIpc) is 2.36. The van der Waals surface area contributed by atoms with Crippen molar-refractivity contribution in [2.24, 2.45) is 0 Å². The fourth-order valence-corrected chi connectivity index (χ4v) is 2.12. The monoisotopic (exact) mass is 256 g/mol. The summed E-state index contributed by atoms with van der Waals surface area (Å²) in [6.07, 6.45) is 1.30. The van der Waals surface area contributed by atoms with E-state index in [1.165, 1.54) is 38.2 Å². The third-order valence-electron chi connectivity index (χ3n) is 3.23. The van der Waals surface area contributed by atoms with Crippen LogP contribution in [0.25, 0.3) is 0 Å². The summed E-state index contributed by atoms with van der Waals surface area (Å²) in [5, 5.41) is 3.20. The first-order valence-corrected chi connectivity index (χ1v) is 7.03. The maximum Gasteiger partial charge on any atom is 0.101 e. The summed E-state index contributed by atoms with van der Waals surface area (Å²) in [6.45, 7) is 10.6. The number of hydrogen-bond donors (Lipinski definition) is 2. The van der Waals surface area contributed by atoms with Crippen LogP contribution in [0.3, 0.4) is 0 Å². The number of nitrogens with two attached hydrogens (primary N) is 1. The maximum atomic E-state index is 5.85. The van der Waals surface area contributed by atoms with E-state index < -0.39 is 0 Å². The van der Waals surface area contributed by atoms with Gasteiger partial charge in [0, 0.05) is 17.0 Å². The molecule has 1 aromatic rings. The smallest absolute Gasteiger partial charge is 0.101 e. The van der Waals surface area contributed by atoms with Crippen molar-refractivity contribution < 1.29 is 10.2 Å². The molecule has 17 heavy (non-hydrogen) atoms. The first-order chi connectivity index (χ1) is 8.26. The zero-order valence-electron chi connectivity index (χ0n) is 11.0. The Bertz CT molecular complexity index is 294. The molecule has 1 rings (SSSR count). The van der Waals surface area contributed by atoms with Crippen LogP contribution in [0.4, 0.5) is 0 Å². The molecular weight excluding hydrogens is 232 g/mol. The Morgan fingerprint density at radius 2 is 1.76 bits per heavy atom. The number of halogens is 1. The standard InChI is InChI=1S/C14H23ClN2/c1-3-17(4-2)11-5-10-16-12-13-6-8-14(15)9-7-13/h6-9,16H,3-5,10-12H2,1-2H3/p+2. The van der Waals surface area contributed by atoms with Gasteiger partial charge in [-0.3, -0.25) is 0 Å². The number of hydrogen-bond acceptors (Lipinski definition) is 0. The van der Waals surface area contributed by atoms with Gasteiger partial charge in [0.05, 0.1) is 26.2 Å². The predicted octanol–water partition coefficient (Wildman–Crippen LogP) is 0.718. The molecule has 0 radical (unpaired) electrons. The topological polar surface area (TPSA) is 21.1 Å². The molecule has 2 nitrogen and oxygen atoms in total. The van der Waals surface area contributed by atoms with E-state index in [4.69, 9.17) is 11.6 Å². The molecule has 0 heterocycles. The Morgan fingerprint density at radius 3 is 2.35 bits per heavy atom. The summed E-state index contributed by atoms with van der Waals surface area (Å²) in [5.41, 5.74) is 1.35. The molecule has 0 saturated heterocycles. The first-order valence-electron chi connectivity index (χ1n) is 6.66. The van der Waals surface area contributed by atoms with Crippen LogP contribution in [-0.4, -0.2) is 26.2 Å². The second kappa shape index (κ2) is 8.51. The maximum absolute atomic E-state index is 5.85. The third kappa shape index (κ3) is 6.06. The summed E-state index contributed by atoms with van der Waals surface area (Å²) in [4.78, 5) is 1.70. The number of benzene rings is 1. The predicted molar refractivity (Wildman–Crippen MR) is 73.5 cm³/mol. The molecule has 0 spiro atoms. The number of rotatable bonds is 8. The molecule has 0 aliphatic carbocycles. The van der Waals surface area contributed by atoms with Crippen LogP contribution in [0.1, 0.15) is 25.8 Å². The first kappa shape index (κ1) is 14.5. The molecular formula is C14H25ClN2+2. The van der Waals surface area contributed by atoms with Crippen molar-refractivity contribution in [1.29, 1.82) is 0 Å². The van der Waals surface area contributed by atoms with Gasteiger partial charge in [-0.2, -0.15) is 0 Å². The van der Waals surface area contributed by atoms with Crippen molar-refractivity contribution >= 4 is 11.6 Å². The van der Waals surface area contributed by atoms with E-state index in [0.29, 0.717) is 0 Å². The zero-order chi connectivity index (χ0) is 12.5. The minimum absolute atomic E-state index is 0.818. The van der Waals surface area contributed by atoms with Crippen LogP contribution in [0.2, 0.25) is 5.02 Å². The van der Waals surface area contributed by atoms with E-state index in [0.717, 1.165) is 11.6 Å². The van der Waals surface area contributed by atoms with Crippen molar-refractivity contribution in [3.63, 3.8) is 0 Å². The molecule has 0 bridgehead atoms. The zero-order valence-corrected chi connectivity index (χ0v) is 11.8. The van der Waals surface area contributed by atoms with E-state index in [9.17, 15) is 0 Å². The molecule has 0 aliphatic heterocycles. The van der Waals surface area contributed by atoms with Gasteiger partial charge in [-0.25, -0.2) is 0 Å². The van der Waals surface area contributed by atoms with Crippen molar-refractivity contribution in [3.8, 4) is 0 Å². The van der Waals surface area contributed by atoms with Gasteiger partial charge in [0.25, 0.3) is 0 Å². The Hall–Kier alpha value is -0.570. The number of nitrogens with one attached hydrogen (secondary N) is 1. The van der Waals surface area contributed by atoms with Crippen molar-refractivity contribution in [3.05, 3.63) is 34.9 Å². The Morgan fingerprint density at radius 1 is 1.12 bits per heavy atom. The lowest BCUT2D eigenvalue weighted by Gasteiger charge is -2.14. The molecule has 0 aliphatic rings. The second-order valence-corrected chi connectivity index (χ2v) is 4.91. The Balaban J connectivity index is 2.10. The van der Waals surface area contributed by atoms with Crippen molar-refractivity contribution in [2.75, 3.05) is 26.2 Å². The fraction of sp³-hybridized carbons (Fsp3) is 0.571. The van der Waals surface area contributed by atoms with E-state index >= 15 is 0 Å². The molecule has 0 saturated carbocycles. The Kier molecular flexibility index (Phi) is 7.25. The van der Waals surface area contributed by atoms with Gasteiger partial charge in [0.1, 0.15) is 6.54 Å². The van der Waals surface area contributed by atoms with Gasteiger partial charge in [0.2, 0.25) is 0 Å². The van der Waals surface area contributed by atoms with E-state index in [1.54, 1.807) is 4.90 Å². The Labute approximate surface area is 110 Å². The summed E-state index contributed by atoms with van der Waals surface area (Å²) in [5.74, 6) is 0. The normalized spacial score (nSPS) is 11.1. The average molecular weight is 257 g/mol. The van der Waals surface area contributed by atoms with Gasteiger partial charge >= 0.3 is 0 Å². The SMILES string of the molecule is CC[NH+](CC)CCC[NH2+]Cc1ccc(Cl)cc1. The quantitative estimate of drug-likeness (QED) is 0.640. The summed E-state index contributed by atoms with van der Waals surface area (Å²) in [7, 11) is 0. The van der Waals surface area contributed by atoms with E-state index in [2.05, 4.69) is 31.3 Å². The molecule has 0 unspecified atom stereocenters. The fourth-order valence-electron chi connectivity index (χ4n) is 1.99. The summed E-state index contributed by atoms with van der Waals surface area (Å²) < 4.78 is 0. The highest BCUT2D eigenvalue weighted by atomic mass is 35.5. The summed E-state index contributed by atoms with van der Waals surface area (Å²) >= 11 is 5.85. The molecule has 3 N–H and O–H groups in total. The molecule has 3 heteroatoms. The van der Waals surface area contributed by atoms with Gasteiger partial charge < -0.3 is 10.2 Å². The summed E-state index contributed by atoms with van der Waals surface area (Å²) in [6, 6.07) is 8.14. The molecule has 0 aromatic heterocycles. The van der Waals surface area contributed by atoms with Gasteiger partial charge in [-0.05, 0) is 26.0 Å². The third-order valence-corrected chi connectivity index (χ3v) is 3.48. The van der Waals surface area contributed by atoms with Gasteiger partial charge in [-0.15, -0.1) is 0 Å². The van der Waals surface area contributed by atoms with Crippen LogP contribution < -0.4 is 10.2 Å². The molecule has 1 aromatic carbocycles. The molecule has 0 amide bonds. The highest BCUT2D eigenvalue weighted by Crippen LogP contribution is 2.08. The minimum Gasteiger partial charge on any atom is -0.342 e. The van der Waals surface area contributed by atoms with Gasteiger partial charge in [0.15, 0.2) is 0 Å². The van der Waals surface area contributed by atoms with Crippen LogP contribution in [0.5, 0.6) is 0 Å². The molecule has 0 fully saturated rings. The highest BCUT2D eigenvalue weighted by Gasteiger charge is 2.02. The van der Waals surface area contributed by atoms with Crippen LogP contribution >= 0.6 is 11.6 Å². The van der Waals surface area contributed by atoms with Crippen LogP contribution in [0, 0.1) is 0 Å². The highest BCUT2D eigenvalue weighted by molar-refractivity contribution is 6.30. The molecule has 96 valence electrons. The van der Waals surface area contributed by atoms with Gasteiger partial charge in [-0.1, -0.05) is 23.7 Å². The number of quaternary nitrogens is 2. The molecule has 0 atom stereocenters. The van der Waals surface area contributed by atoms with E-state index in [-0.39, 0.29) is 0 Å². The van der Waals surface area contributed by atoms with Crippen LogP contribution in [-0.2, 0) is 6.54 Å². The minimum atomic E-state index is 0.818. The largest absolute Gasteiger partial charge is 0.342 e. The lowest BCUT2D eigenvalue weighted by molar-refractivity contribution is -0.898. The van der Waals surface area contributed by atoms with Crippen molar-refractivity contribution in [2.45, 2.75) is 26.8 Å². The van der Waals surface area contributed by atoms with Crippen LogP contribution in [0.15, 0.2) is 24.3 Å². The van der Waals surface area contributed by atoms with Crippen molar-refractivity contribution in [1.82, 2.24) is 0 Å². The second-order valence-electron chi connectivity index (χ2n) is 4.47. The lowest BCUT2D eigenvalue weighted by Crippen LogP contribution is -3.11. The van der Waals surface area contributed by atoms with E-state index in [1.807, 2.05) is 12.1 Å². The lowest BCUT2D eigenvalue weighted by atomic mass is 10.2.